The smallest absolute Gasteiger partial charge is 0.272 e. The molecule has 4 rings (SSSR count). The third kappa shape index (κ3) is 3.66. The summed E-state index contributed by atoms with van der Waals surface area (Å²) in [5.41, 5.74) is 2.56. The van der Waals surface area contributed by atoms with Gasteiger partial charge in [-0.25, -0.2) is 8.42 Å². The molecule has 1 amide bonds. The van der Waals surface area contributed by atoms with Crippen LogP contribution in [0.3, 0.4) is 0 Å². The Morgan fingerprint density at radius 1 is 1.13 bits per heavy atom. The van der Waals surface area contributed by atoms with Crippen LogP contribution in [0.25, 0.3) is 0 Å². The second-order valence-electron chi connectivity index (χ2n) is 7.04. The summed E-state index contributed by atoms with van der Waals surface area (Å²) in [6.07, 6.45) is 2.15. The number of fused-ring (bicyclic) bond motifs is 1. The molecule has 0 bridgehead atoms. The number of aryl methyl sites for hydroxylation is 1. The zero-order chi connectivity index (χ0) is 21.3. The van der Waals surface area contributed by atoms with Gasteiger partial charge in [0.2, 0.25) is 0 Å². The Hall–Kier alpha value is -3.26. The Bertz CT molecular complexity index is 1180. The van der Waals surface area contributed by atoms with Gasteiger partial charge in [-0.15, -0.1) is 0 Å². The fraction of sp³-hybridized carbons (Fsp3) is 0.227. The summed E-state index contributed by atoms with van der Waals surface area (Å²) >= 11 is 0. The minimum absolute atomic E-state index is 0.0959. The molecule has 1 N–H and O–H groups in total. The predicted octanol–water partition coefficient (Wildman–Crippen LogP) is 3.43. The Balaban J connectivity index is 1.56. The number of nitrogens with one attached hydrogen (secondary N) is 1. The van der Waals surface area contributed by atoms with Crippen LogP contribution >= 0.6 is 0 Å². The Kier molecular flexibility index (Phi) is 5.26. The lowest BCUT2D eigenvalue weighted by Crippen LogP contribution is -2.28. The number of ether oxygens (including phenoxy) is 1. The molecule has 156 valence electrons. The van der Waals surface area contributed by atoms with Crippen LogP contribution in [0.5, 0.6) is 5.75 Å². The summed E-state index contributed by atoms with van der Waals surface area (Å²) in [6.45, 7) is 2.86. The molecule has 0 atom stereocenters. The molecular formula is C22H23N3O4S. The fourth-order valence-electron chi connectivity index (χ4n) is 3.58. The van der Waals surface area contributed by atoms with Crippen molar-refractivity contribution in [3.63, 3.8) is 0 Å². The lowest BCUT2D eigenvalue weighted by Gasteiger charge is -2.18. The standard InChI is InChI=1S/C22H23N3O4S/c1-3-29-18-10-8-17(9-11-18)23-22(26)21-14-19(15-24(21)2)30(27,28)25-13-12-16-6-4-5-7-20(16)25/h4-11,14-15H,3,12-13H2,1-2H3,(H,23,26). The first-order valence-corrected chi connectivity index (χ1v) is 11.2. The minimum Gasteiger partial charge on any atom is -0.494 e. The average Bonchev–Trinajstić information content (AvgIpc) is 3.34. The first-order chi connectivity index (χ1) is 14.4. The molecule has 0 radical (unpaired) electrons. The first-order valence-electron chi connectivity index (χ1n) is 9.71. The van der Waals surface area contributed by atoms with E-state index in [1.54, 1.807) is 31.3 Å². The normalized spacial score (nSPS) is 13.2. The molecule has 0 saturated heterocycles. The summed E-state index contributed by atoms with van der Waals surface area (Å²) in [7, 11) is -2.10. The van der Waals surface area contributed by atoms with Crippen LogP contribution < -0.4 is 14.4 Å². The third-order valence-electron chi connectivity index (χ3n) is 5.07. The minimum atomic E-state index is -3.76. The first kappa shape index (κ1) is 20.0. The van der Waals surface area contributed by atoms with E-state index in [2.05, 4.69) is 5.32 Å². The highest BCUT2D eigenvalue weighted by Gasteiger charge is 2.32. The van der Waals surface area contributed by atoms with Gasteiger partial charge in [0.25, 0.3) is 15.9 Å². The van der Waals surface area contributed by atoms with E-state index in [9.17, 15) is 13.2 Å². The van der Waals surface area contributed by atoms with Crippen LogP contribution in [-0.4, -0.2) is 32.0 Å². The number of para-hydroxylation sites is 1. The van der Waals surface area contributed by atoms with E-state index in [-0.39, 0.29) is 16.5 Å². The van der Waals surface area contributed by atoms with Crippen LogP contribution in [0.15, 0.2) is 65.7 Å². The number of carbonyl (C=O) groups is 1. The van der Waals surface area contributed by atoms with Crippen molar-refractivity contribution in [2.75, 3.05) is 22.8 Å². The van der Waals surface area contributed by atoms with E-state index in [1.807, 2.05) is 31.2 Å². The van der Waals surface area contributed by atoms with Crippen molar-refractivity contribution in [3.8, 4) is 5.75 Å². The average molecular weight is 426 g/mol. The van der Waals surface area contributed by atoms with Crippen LogP contribution in [-0.2, 0) is 23.5 Å². The molecule has 2 aromatic carbocycles. The molecule has 0 saturated carbocycles. The highest BCUT2D eigenvalue weighted by molar-refractivity contribution is 7.92. The highest BCUT2D eigenvalue weighted by Crippen LogP contribution is 2.33. The Morgan fingerprint density at radius 2 is 1.87 bits per heavy atom. The van der Waals surface area contributed by atoms with E-state index in [0.29, 0.717) is 36.7 Å². The second-order valence-corrected chi connectivity index (χ2v) is 8.90. The van der Waals surface area contributed by atoms with Gasteiger partial charge < -0.3 is 14.6 Å². The number of rotatable bonds is 6. The maximum absolute atomic E-state index is 13.2. The second kappa shape index (κ2) is 7.87. The van der Waals surface area contributed by atoms with Crippen molar-refractivity contribution in [3.05, 3.63) is 72.1 Å². The molecule has 30 heavy (non-hydrogen) atoms. The van der Waals surface area contributed by atoms with Gasteiger partial charge in [0.1, 0.15) is 16.3 Å². The molecule has 0 fully saturated rings. The van der Waals surface area contributed by atoms with Gasteiger partial charge in [-0.1, -0.05) is 18.2 Å². The van der Waals surface area contributed by atoms with Gasteiger partial charge in [0.05, 0.1) is 12.3 Å². The zero-order valence-corrected chi connectivity index (χ0v) is 17.6. The third-order valence-corrected chi connectivity index (χ3v) is 6.85. The van der Waals surface area contributed by atoms with Crippen molar-refractivity contribution in [2.24, 2.45) is 7.05 Å². The number of nitrogens with zero attached hydrogens (tertiary/aromatic N) is 2. The number of hydrogen-bond acceptors (Lipinski definition) is 4. The highest BCUT2D eigenvalue weighted by atomic mass is 32.2. The van der Waals surface area contributed by atoms with Gasteiger partial charge in [-0.05, 0) is 55.3 Å². The van der Waals surface area contributed by atoms with Crippen molar-refractivity contribution in [1.82, 2.24) is 4.57 Å². The van der Waals surface area contributed by atoms with E-state index in [4.69, 9.17) is 4.74 Å². The van der Waals surface area contributed by atoms with Crippen LogP contribution in [0.1, 0.15) is 23.0 Å². The number of aromatic nitrogens is 1. The molecule has 1 aliphatic rings. The molecule has 1 aliphatic heterocycles. The maximum atomic E-state index is 13.2. The van der Waals surface area contributed by atoms with Gasteiger partial charge in [-0.2, -0.15) is 0 Å². The largest absolute Gasteiger partial charge is 0.494 e. The molecule has 7 nitrogen and oxygen atoms in total. The molecule has 0 spiro atoms. The lowest BCUT2D eigenvalue weighted by molar-refractivity contribution is 0.101. The number of carbonyl (C=O) groups excluding carboxylic acids is 1. The zero-order valence-electron chi connectivity index (χ0n) is 16.8. The Labute approximate surface area is 175 Å². The molecule has 2 heterocycles. The fourth-order valence-corrected chi connectivity index (χ4v) is 5.16. The Morgan fingerprint density at radius 3 is 2.60 bits per heavy atom. The quantitative estimate of drug-likeness (QED) is 0.656. The van der Waals surface area contributed by atoms with Crippen LogP contribution in [0, 0.1) is 0 Å². The monoisotopic (exact) mass is 425 g/mol. The van der Waals surface area contributed by atoms with Crippen LogP contribution in [0.4, 0.5) is 11.4 Å². The lowest BCUT2D eigenvalue weighted by atomic mass is 10.2. The summed E-state index contributed by atoms with van der Waals surface area (Å²) in [5.74, 6) is 0.332. The van der Waals surface area contributed by atoms with E-state index < -0.39 is 10.0 Å². The summed E-state index contributed by atoms with van der Waals surface area (Å²) in [5, 5.41) is 2.79. The van der Waals surface area contributed by atoms with Gasteiger partial charge in [-0.3, -0.25) is 9.10 Å². The van der Waals surface area contributed by atoms with Crippen molar-refractivity contribution in [1.29, 1.82) is 0 Å². The molecule has 0 aliphatic carbocycles. The number of hydrogen-bond donors (Lipinski definition) is 1. The summed E-state index contributed by atoms with van der Waals surface area (Å²) in [4.78, 5) is 12.8. The van der Waals surface area contributed by atoms with Crippen molar-refractivity contribution in [2.45, 2.75) is 18.2 Å². The molecular weight excluding hydrogens is 402 g/mol. The molecule has 1 aromatic heterocycles. The van der Waals surface area contributed by atoms with Gasteiger partial charge in [0.15, 0.2) is 0 Å². The maximum Gasteiger partial charge on any atom is 0.272 e. The summed E-state index contributed by atoms with van der Waals surface area (Å²) < 4.78 is 34.8. The molecule has 8 heteroatoms. The molecule has 0 unspecified atom stereocenters. The number of sulfonamides is 1. The topological polar surface area (TPSA) is 80.6 Å². The van der Waals surface area contributed by atoms with Gasteiger partial charge in [0, 0.05) is 25.5 Å². The number of amides is 1. The molecule has 3 aromatic rings. The number of anilines is 2. The number of benzene rings is 2. The van der Waals surface area contributed by atoms with E-state index in [0.717, 1.165) is 5.56 Å². The van der Waals surface area contributed by atoms with Crippen molar-refractivity contribution < 1.29 is 17.9 Å². The van der Waals surface area contributed by atoms with E-state index >= 15 is 0 Å². The summed E-state index contributed by atoms with van der Waals surface area (Å²) in [6, 6.07) is 15.9. The SMILES string of the molecule is CCOc1ccc(NC(=O)c2cc(S(=O)(=O)N3CCc4ccccc43)cn2C)cc1. The van der Waals surface area contributed by atoms with Crippen LogP contribution in [0.2, 0.25) is 0 Å². The van der Waals surface area contributed by atoms with Crippen molar-refractivity contribution >= 4 is 27.3 Å². The van der Waals surface area contributed by atoms with E-state index in [1.165, 1.54) is 21.1 Å². The van der Waals surface area contributed by atoms with Gasteiger partial charge >= 0.3 is 0 Å². The predicted molar refractivity (Wildman–Crippen MR) is 116 cm³/mol.